The second-order valence-corrected chi connectivity index (χ2v) is 7.63. The summed E-state index contributed by atoms with van der Waals surface area (Å²) in [4.78, 5) is 6.56. The van der Waals surface area contributed by atoms with Crippen molar-refractivity contribution in [2.45, 2.75) is 40.5 Å². The standard InChI is InChI=1S/C27H29FN2/c1-7-22-10-11-23(17-25(22)28)27(8-2)30-14-13-29-26(20(30)6)16-21-9-12-24(18(3)4)19(5)15-21/h8-15,17H,3,6-7,16H2,1-2,4-5H3/b27-8-. The molecule has 0 saturated heterocycles. The average molecular weight is 401 g/mol. The Morgan fingerprint density at radius 3 is 2.57 bits per heavy atom. The second kappa shape index (κ2) is 9.08. The lowest BCUT2D eigenvalue weighted by molar-refractivity contribution is 0.609. The van der Waals surface area contributed by atoms with Crippen LogP contribution in [0.15, 0.2) is 78.7 Å². The molecule has 1 heterocycles. The number of aryl methyl sites for hydroxylation is 2. The number of hydrogen-bond donors (Lipinski definition) is 0. The van der Waals surface area contributed by atoms with Crippen LogP contribution in [0, 0.1) is 12.7 Å². The molecule has 0 saturated carbocycles. The van der Waals surface area contributed by atoms with Crippen LogP contribution in [0.2, 0.25) is 0 Å². The molecular formula is C27H29FN2. The van der Waals surface area contributed by atoms with Crippen LogP contribution in [0.5, 0.6) is 0 Å². The molecule has 0 amide bonds. The van der Waals surface area contributed by atoms with Crippen LogP contribution >= 0.6 is 0 Å². The molecule has 3 heteroatoms. The summed E-state index contributed by atoms with van der Waals surface area (Å²) in [6.45, 7) is 16.4. The van der Waals surface area contributed by atoms with Gasteiger partial charge in [-0.3, -0.25) is 4.99 Å². The quantitative estimate of drug-likeness (QED) is 0.506. The fourth-order valence-corrected chi connectivity index (χ4v) is 3.81. The molecule has 0 aromatic heterocycles. The Labute approximate surface area is 179 Å². The highest BCUT2D eigenvalue weighted by molar-refractivity contribution is 6.03. The van der Waals surface area contributed by atoms with E-state index in [4.69, 9.17) is 0 Å². The van der Waals surface area contributed by atoms with Crippen molar-refractivity contribution in [3.8, 4) is 0 Å². The Hall–Kier alpha value is -3.20. The van der Waals surface area contributed by atoms with Gasteiger partial charge < -0.3 is 4.90 Å². The number of allylic oxidation sites excluding steroid dienone is 3. The minimum absolute atomic E-state index is 0.178. The lowest BCUT2D eigenvalue weighted by Crippen LogP contribution is -2.24. The molecule has 1 aliphatic heterocycles. The molecule has 0 aliphatic carbocycles. The summed E-state index contributed by atoms with van der Waals surface area (Å²) in [5.41, 5.74) is 8.74. The van der Waals surface area contributed by atoms with Crippen molar-refractivity contribution in [2.24, 2.45) is 4.99 Å². The SMILES string of the molecule is C=C(C)c1ccc(CC2=NC=CN(/C(=C\C)c3ccc(CC)c(F)c3)C2=C)cc1C. The first-order valence-electron chi connectivity index (χ1n) is 10.3. The molecule has 0 atom stereocenters. The molecule has 0 spiro atoms. The van der Waals surface area contributed by atoms with Gasteiger partial charge in [0.1, 0.15) is 5.82 Å². The van der Waals surface area contributed by atoms with Crippen LogP contribution < -0.4 is 0 Å². The van der Waals surface area contributed by atoms with E-state index in [9.17, 15) is 4.39 Å². The maximum absolute atomic E-state index is 14.4. The van der Waals surface area contributed by atoms with Crippen LogP contribution in [0.4, 0.5) is 4.39 Å². The summed E-state index contributed by atoms with van der Waals surface area (Å²) in [5.74, 6) is -0.178. The molecule has 154 valence electrons. The van der Waals surface area contributed by atoms with Crippen LogP contribution in [0.1, 0.15) is 48.6 Å². The van der Waals surface area contributed by atoms with Crippen LogP contribution in [-0.4, -0.2) is 10.6 Å². The van der Waals surface area contributed by atoms with Gasteiger partial charge in [-0.1, -0.05) is 62.1 Å². The Morgan fingerprint density at radius 2 is 1.97 bits per heavy atom. The molecule has 0 fully saturated rings. The van der Waals surface area contributed by atoms with Crippen molar-refractivity contribution in [1.82, 2.24) is 4.90 Å². The first-order chi connectivity index (χ1) is 14.3. The second-order valence-electron chi connectivity index (χ2n) is 7.63. The van der Waals surface area contributed by atoms with Gasteiger partial charge in [0.05, 0.1) is 11.4 Å². The van der Waals surface area contributed by atoms with Crippen molar-refractivity contribution < 1.29 is 4.39 Å². The van der Waals surface area contributed by atoms with Gasteiger partial charge in [-0.2, -0.15) is 0 Å². The van der Waals surface area contributed by atoms with Crippen LogP contribution in [0.3, 0.4) is 0 Å². The third kappa shape index (κ3) is 4.35. The average Bonchev–Trinajstić information content (AvgIpc) is 2.71. The molecule has 1 aliphatic rings. The third-order valence-corrected chi connectivity index (χ3v) is 5.45. The zero-order chi connectivity index (χ0) is 21.8. The summed E-state index contributed by atoms with van der Waals surface area (Å²) in [7, 11) is 0. The van der Waals surface area contributed by atoms with Crippen LogP contribution in [-0.2, 0) is 12.8 Å². The molecule has 2 aromatic rings. The summed E-state index contributed by atoms with van der Waals surface area (Å²) in [5, 5.41) is 0. The van der Waals surface area contributed by atoms with Gasteiger partial charge in [0.25, 0.3) is 0 Å². The molecule has 0 N–H and O–H groups in total. The maximum Gasteiger partial charge on any atom is 0.127 e. The first-order valence-corrected chi connectivity index (χ1v) is 10.3. The predicted molar refractivity (Wildman–Crippen MR) is 127 cm³/mol. The van der Waals surface area contributed by atoms with E-state index in [-0.39, 0.29) is 5.82 Å². The first kappa shape index (κ1) is 21.5. The van der Waals surface area contributed by atoms with Gasteiger partial charge in [0.2, 0.25) is 0 Å². The summed E-state index contributed by atoms with van der Waals surface area (Å²) in [6, 6.07) is 11.8. The Bertz CT molecular complexity index is 1090. The largest absolute Gasteiger partial charge is 0.314 e. The molecule has 2 nitrogen and oxygen atoms in total. The van der Waals surface area contributed by atoms with Gasteiger partial charge in [0, 0.05) is 30.1 Å². The number of benzene rings is 2. The van der Waals surface area contributed by atoms with Gasteiger partial charge in [-0.05, 0) is 55.5 Å². The Kier molecular flexibility index (Phi) is 6.51. The number of rotatable bonds is 6. The summed E-state index contributed by atoms with van der Waals surface area (Å²) in [6.07, 6.45) is 6.98. The highest BCUT2D eigenvalue weighted by Crippen LogP contribution is 2.29. The lowest BCUT2D eigenvalue weighted by atomic mass is 9.97. The van der Waals surface area contributed by atoms with E-state index in [2.05, 4.69) is 43.3 Å². The fourth-order valence-electron chi connectivity index (χ4n) is 3.81. The van der Waals surface area contributed by atoms with Gasteiger partial charge in [-0.25, -0.2) is 4.39 Å². The monoisotopic (exact) mass is 400 g/mol. The molecule has 0 unspecified atom stereocenters. The molecular weight excluding hydrogens is 371 g/mol. The maximum atomic E-state index is 14.4. The van der Waals surface area contributed by atoms with E-state index in [1.165, 1.54) is 16.7 Å². The zero-order valence-electron chi connectivity index (χ0n) is 18.3. The van der Waals surface area contributed by atoms with E-state index in [1.807, 2.05) is 50.1 Å². The van der Waals surface area contributed by atoms with E-state index < -0.39 is 0 Å². The lowest BCUT2D eigenvalue weighted by Gasteiger charge is -2.29. The van der Waals surface area contributed by atoms with Crippen molar-refractivity contribution in [3.63, 3.8) is 0 Å². The van der Waals surface area contributed by atoms with Gasteiger partial charge >= 0.3 is 0 Å². The minimum atomic E-state index is -0.178. The number of nitrogens with zero attached hydrogens (tertiary/aromatic N) is 2. The van der Waals surface area contributed by atoms with E-state index in [0.29, 0.717) is 12.8 Å². The Balaban J connectivity index is 1.85. The Morgan fingerprint density at radius 1 is 1.20 bits per heavy atom. The number of aliphatic imine (C=N–C) groups is 1. The van der Waals surface area contributed by atoms with Crippen molar-refractivity contribution in [3.05, 3.63) is 107 Å². The molecule has 0 radical (unpaired) electrons. The topological polar surface area (TPSA) is 15.6 Å². The highest BCUT2D eigenvalue weighted by Gasteiger charge is 2.20. The smallest absolute Gasteiger partial charge is 0.127 e. The number of hydrogen-bond acceptors (Lipinski definition) is 2. The molecule has 2 aromatic carbocycles. The van der Waals surface area contributed by atoms with Crippen molar-refractivity contribution >= 4 is 17.0 Å². The predicted octanol–water partition coefficient (Wildman–Crippen LogP) is 7.07. The highest BCUT2D eigenvalue weighted by atomic mass is 19.1. The molecule has 30 heavy (non-hydrogen) atoms. The fraction of sp³-hybridized carbons (Fsp3) is 0.222. The summed E-state index contributed by atoms with van der Waals surface area (Å²) < 4.78 is 14.4. The zero-order valence-corrected chi connectivity index (χ0v) is 18.3. The van der Waals surface area contributed by atoms with E-state index in [0.717, 1.165) is 33.8 Å². The van der Waals surface area contributed by atoms with Gasteiger partial charge in [-0.15, -0.1) is 0 Å². The van der Waals surface area contributed by atoms with Crippen LogP contribution in [0.25, 0.3) is 11.3 Å². The van der Waals surface area contributed by atoms with Crippen molar-refractivity contribution in [1.29, 1.82) is 0 Å². The molecule has 3 rings (SSSR count). The molecule has 0 bridgehead atoms. The van der Waals surface area contributed by atoms with E-state index >= 15 is 0 Å². The van der Waals surface area contributed by atoms with E-state index in [1.54, 1.807) is 12.3 Å². The summed E-state index contributed by atoms with van der Waals surface area (Å²) >= 11 is 0. The number of halogens is 1. The minimum Gasteiger partial charge on any atom is -0.314 e. The normalized spacial score (nSPS) is 14.2. The van der Waals surface area contributed by atoms with Crippen molar-refractivity contribution in [2.75, 3.05) is 0 Å². The third-order valence-electron chi connectivity index (χ3n) is 5.45. The van der Waals surface area contributed by atoms with Gasteiger partial charge in [0.15, 0.2) is 0 Å².